The number of rotatable bonds is 4. The third-order valence-electron chi connectivity index (χ3n) is 4.44. The van der Waals surface area contributed by atoms with Gasteiger partial charge in [-0.1, -0.05) is 12.1 Å². The van der Waals surface area contributed by atoms with Gasteiger partial charge in [0.25, 0.3) is 5.91 Å². The monoisotopic (exact) mass is 388 g/mol. The third kappa shape index (κ3) is 2.85. The van der Waals surface area contributed by atoms with Crippen molar-refractivity contribution in [1.29, 1.82) is 0 Å². The van der Waals surface area contributed by atoms with Crippen molar-refractivity contribution in [3.05, 3.63) is 53.5 Å². The van der Waals surface area contributed by atoms with Crippen molar-refractivity contribution < 1.29 is 17.9 Å². The summed E-state index contributed by atoms with van der Waals surface area (Å²) in [5.41, 5.74) is 0.781. The average Bonchev–Trinajstić information content (AvgIpc) is 3.04. The first-order chi connectivity index (χ1) is 12.5. The van der Waals surface area contributed by atoms with E-state index < -0.39 is 15.1 Å². The first kappa shape index (κ1) is 17.0. The van der Waals surface area contributed by atoms with E-state index in [-0.39, 0.29) is 23.9 Å². The van der Waals surface area contributed by atoms with Gasteiger partial charge in [0.1, 0.15) is 11.0 Å². The van der Waals surface area contributed by atoms with Crippen LogP contribution in [-0.4, -0.2) is 49.7 Å². The van der Waals surface area contributed by atoms with Crippen molar-refractivity contribution in [3.63, 3.8) is 0 Å². The van der Waals surface area contributed by atoms with Gasteiger partial charge in [-0.3, -0.25) is 4.79 Å². The van der Waals surface area contributed by atoms with Gasteiger partial charge in [0, 0.05) is 13.1 Å². The van der Waals surface area contributed by atoms with E-state index >= 15 is 0 Å². The van der Waals surface area contributed by atoms with Gasteiger partial charge in [0.15, 0.2) is 14.8 Å². The maximum atomic E-state index is 12.7. The van der Waals surface area contributed by atoms with E-state index in [1.54, 1.807) is 12.1 Å². The van der Waals surface area contributed by atoms with Crippen molar-refractivity contribution in [2.45, 2.75) is 10.1 Å². The van der Waals surface area contributed by atoms with E-state index in [9.17, 15) is 13.2 Å². The summed E-state index contributed by atoms with van der Waals surface area (Å²) in [5.74, 6) is 0.387. The molecule has 0 N–H and O–H groups in total. The topological polar surface area (TPSA) is 76.6 Å². The number of carbonyl (C=O) groups is 1. The summed E-state index contributed by atoms with van der Waals surface area (Å²) in [5, 5.41) is -0.194. The zero-order valence-electron chi connectivity index (χ0n) is 14.0. The Balaban J connectivity index is 1.47. The number of carbonyl (C=O) groups excluding carboxylic acids is 1. The summed E-state index contributed by atoms with van der Waals surface area (Å²) in [6.07, 6.45) is 0. The van der Waals surface area contributed by atoms with E-state index in [2.05, 4.69) is 4.98 Å². The smallest absolute Gasteiger partial charge is 0.282 e. The molecule has 0 atom stereocenters. The molecule has 4 rings (SSSR count). The molecule has 1 saturated heterocycles. The number of sulfone groups is 1. The Morgan fingerprint density at radius 1 is 1.15 bits per heavy atom. The first-order valence-corrected chi connectivity index (χ1v) is 10.4. The van der Waals surface area contributed by atoms with Crippen LogP contribution in [-0.2, 0) is 9.84 Å². The lowest BCUT2D eigenvalue weighted by Crippen LogP contribution is -2.56. The third-order valence-corrected chi connectivity index (χ3v) is 7.57. The first-order valence-electron chi connectivity index (χ1n) is 8.02. The van der Waals surface area contributed by atoms with Crippen molar-refractivity contribution in [1.82, 2.24) is 9.88 Å². The van der Waals surface area contributed by atoms with E-state index in [1.165, 1.54) is 35.5 Å². The van der Waals surface area contributed by atoms with Crippen LogP contribution in [0, 0.1) is 0 Å². The predicted molar refractivity (Wildman–Crippen MR) is 99.5 cm³/mol. The van der Waals surface area contributed by atoms with Crippen LogP contribution in [0.4, 0.5) is 0 Å². The molecule has 1 aliphatic heterocycles. The quantitative estimate of drug-likeness (QED) is 0.687. The fourth-order valence-corrected chi connectivity index (χ4v) is 5.44. The summed E-state index contributed by atoms with van der Waals surface area (Å²) in [7, 11) is -1.94. The second kappa shape index (κ2) is 6.37. The minimum absolute atomic E-state index is 0.184. The van der Waals surface area contributed by atoms with Crippen molar-refractivity contribution >= 4 is 37.3 Å². The standard InChI is InChI=1S/C18H16N2O4S2/c1-24-12-6-8-13(9-7-12)26(22,23)14-10-20(11-14)18(21)17-19-15-4-2-3-5-16(15)25-17/h2-9,14H,10-11H2,1H3. The highest BCUT2D eigenvalue weighted by atomic mass is 32.2. The molecule has 0 unspecified atom stereocenters. The second-order valence-corrected chi connectivity index (χ2v) is 9.30. The fraction of sp³-hybridized carbons (Fsp3) is 0.222. The van der Waals surface area contributed by atoms with E-state index in [4.69, 9.17) is 4.74 Å². The number of aromatic nitrogens is 1. The summed E-state index contributed by atoms with van der Waals surface area (Å²) in [6.45, 7) is 0.367. The van der Waals surface area contributed by atoms with Gasteiger partial charge in [-0.25, -0.2) is 13.4 Å². The number of methoxy groups -OCH3 is 1. The molecule has 0 aliphatic carbocycles. The summed E-state index contributed by atoms with van der Waals surface area (Å²) in [4.78, 5) is 18.7. The molecule has 1 fully saturated rings. The zero-order valence-corrected chi connectivity index (χ0v) is 15.6. The van der Waals surface area contributed by atoms with Gasteiger partial charge in [-0.15, -0.1) is 11.3 Å². The zero-order chi connectivity index (χ0) is 18.3. The van der Waals surface area contributed by atoms with E-state index in [1.807, 2.05) is 24.3 Å². The van der Waals surface area contributed by atoms with Gasteiger partial charge in [-0.05, 0) is 36.4 Å². The Hall–Kier alpha value is -2.45. The van der Waals surface area contributed by atoms with Gasteiger partial charge in [0.2, 0.25) is 0 Å². The SMILES string of the molecule is COc1ccc(S(=O)(=O)C2CN(C(=O)c3nc4ccccc4s3)C2)cc1. The van der Waals surface area contributed by atoms with Gasteiger partial charge < -0.3 is 9.64 Å². The van der Waals surface area contributed by atoms with Gasteiger partial charge >= 0.3 is 0 Å². The van der Waals surface area contributed by atoms with Crippen LogP contribution >= 0.6 is 11.3 Å². The maximum Gasteiger partial charge on any atom is 0.282 e. The molecule has 0 saturated carbocycles. The molecule has 6 nitrogen and oxygen atoms in total. The minimum Gasteiger partial charge on any atom is -0.497 e. The summed E-state index contributed by atoms with van der Waals surface area (Å²) >= 11 is 1.33. The number of benzene rings is 2. The molecule has 1 amide bonds. The number of hydrogen-bond donors (Lipinski definition) is 0. The highest BCUT2D eigenvalue weighted by molar-refractivity contribution is 7.92. The van der Waals surface area contributed by atoms with E-state index in [0.29, 0.717) is 10.8 Å². The number of amides is 1. The van der Waals surface area contributed by atoms with Crippen LogP contribution in [0.3, 0.4) is 0 Å². The summed E-state index contributed by atoms with van der Waals surface area (Å²) in [6, 6.07) is 13.9. The van der Waals surface area contributed by atoms with Crippen LogP contribution in [0.5, 0.6) is 5.75 Å². The van der Waals surface area contributed by atoms with Crippen molar-refractivity contribution in [3.8, 4) is 5.75 Å². The molecular weight excluding hydrogens is 372 g/mol. The molecule has 8 heteroatoms. The van der Waals surface area contributed by atoms with Crippen LogP contribution in [0.2, 0.25) is 0 Å². The Bertz CT molecular complexity index is 1040. The Morgan fingerprint density at radius 2 is 1.85 bits per heavy atom. The lowest BCUT2D eigenvalue weighted by Gasteiger charge is -2.38. The van der Waals surface area contributed by atoms with Crippen LogP contribution in [0.15, 0.2) is 53.4 Å². The highest BCUT2D eigenvalue weighted by Crippen LogP contribution is 2.28. The van der Waals surface area contributed by atoms with Crippen LogP contribution < -0.4 is 4.74 Å². The lowest BCUT2D eigenvalue weighted by molar-refractivity contribution is 0.0658. The van der Waals surface area contributed by atoms with Gasteiger partial charge in [0.05, 0.1) is 22.2 Å². The van der Waals surface area contributed by atoms with Crippen LogP contribution in [0.1, 0.15) is 9.80 Å². The minimum atomic E-state index is -3.47. The highest BCUT2D eigenvalue weighted by Gasteiger charge is 2.41. The summed E-state index contributed by atoms with van der Waals surface area (Å²) < 4.78 is 31.3. The molecule has 1 aliphatic rings. The number of fused-ring (bicyclic) bond motifs is 1. The van der Waals surface area contributed by atoms with Crippen molar-refractivity contribution in [2.75, 3.05) is 20.2 Å². The Kier molecular flexibility index (Phi) is 4.16. The average molecular weight is 388 g/mol. The van der Waals surface area contributed by atoms with Gasteiger partial charge in [-0.2, -0.15) is 0 Å². The predicted octanol–water partition coefficient (Wildman–Crippen LogP) is 2.60. The largest absolute Gasteiger partial charge is 0.497 e. The maximum absolute atomic E-state index is 12.7. The molecule has 0 spiro atoms. The normalized spacial score (nSPS) is 15.0. The molecule has 2 heterocycles. The molecule has 3 aromatic rings. The number of ether oxygens (including phenoxy) is 1. The Morgan fingerprint density at radius 3 is 2.50 bits per heavy atom. The fourth-order valence-electron chi connectivity index (χ4n) is 2.86. The number of nitrogens with zero attached hydrogens (tertiary/aromatic N) is 2. The molecule has 0 bridgehead atoms. The molecule has 2 aromatic carbocycles. The number of likely N-dealkylation sites (tertiary alicyclic amines) is 1. The molecule has 1 aromatic heterocycles. The number of thiazole rings is 1. The Labute approximate surface area is 155 Å². The molecule has 134 valence electrons. The molecule has 26 heavy (non-hydrogen) atoms. The number of hydrogen-bond acceptors (Lipinski definition) is 6. The number of para-hydroxylation sites is 1. The molecule has 0 radical (unpaired) electrons. The lowest BCUT2D eigenvalue weighted by atomic mass is 10.2. The van der Waals surface area contributed by atoms with Crippen LogP contribution in [0.25, 0.3) is 10.2 Å². The molecular formula is C18H16N2O4S2. The van der Waals surface area contributed by atoms with Crippen molar-refractivity contribution in [2.24, 2.45) is 0 Å². The second-order valence-electron chi connectivity index (χ2n) is 6.04. The van der Waals surface area contributed by atoms with E-state index in [0.717, 1.165) is 10.2 Å².